The van der Waals surface area contributed by atoms with Crippen molar-refractivity contribution in [1.82, 2.24) is 5.32 Å². The van der Waals surface area contributed by atoms with Crippen molar-refractivity contribution in [2.75, 3.05) is 20.2 Å². The molecule has 0 saturated carbocycles. The minimum absolute atomic E-state index is 0.638. The zero-order valence-electron chi connectivity index (χ0n) is 7.88. The highest BCUT2D eigenvalue weighted by molar-refractivity contribution is 7.09. The van der Waals surface area contributed by atoms with Crippen LogP contribution < -0.4 is 5.32 Å². The summed E-state index contributed by atoms with van der Waals surface area (Å²) < 4.78 is 5.46. The molecule has 72 valence electrons. The SMILES string of the molecule is C=C(CNC)COCc1cccs1. The van der Waals surface area contributed by atoms with Crippen molar-refractivity contribution >= 4 is 11.3 Å². The Hall–Kier alpha value is -0.640. The second kappa shape index (κ2) is 5.91. The largest absolute Gasteiger partial charge is 0.372 e. The molecule has 0 spiro atoms. The van der Waals surface area contributed by atoms with Gasteiger partial charge in [0.25, 0.3) is 0 Å². The lowest BCUT2D eigenvalue weighted by atomic mass is 10.3. The van der Waals surface area contributed by atoms with Crippen LogP contribution in [0, 0.1) is 0 Å². The van der Waals surface area contributed by atoms with E-state index in [4.69, 9.17) is 4.74 Å². The van der Waals surface area contributed by atoms with E-state index in [9.17, 15) is 0 Å². The van der Waals surface area contributed by atoms with Gasteiger partial charge in [-0.05, 0) is 24.1 Å². The van der Waals surface area contributed by atoms with Crippen LogP contribution in [0.4, 0.5) is 0 Å². The van der Waals surface area contributed by atoms with E-state index >= 15 is 0 Å². The van der Waals surface area contributed by atoms with Gasteiger partial charge in [0.05, 0.1) is 13.2 Å². The highest BCUT2D eigenvalue weighted by Crippen LogP contribution is 2.09. The second-order valence-electron chi connectivity index (χ2n) is 2.85. The van der Waals surface area contributed by atoms with E-state index in [0.29, 0.717) is 13.2 Å². The third-order valence-corrected chi connectivity index (χ3v) is 2.41. The average Bonchev–Trinajstić information content (AvgIpc) is 2.57. The number of likely N-dealkylation sites (N-methyl/N-ethyl adjacent to an activating group) is 1. The summed E-state index contributed by atoms with van der Waals surface area (Å²) in [6.45, 7) is 6.04. The first kappa shape index (κ1) is 10.4. The number of hydrogen-bond donors (Lipinski definition) is 1. The molecule has 0 saturated heterocycles. The molecule has 0 radical (unpaired) electrons. The normalized spacial score (nSPS) is 10.2. The summed E-state index contributed by atoms with van der Waals surface area (Å²) in [7, 11) is 1.91. The molecular formula is C10H15NOS. The van der Waals surface area contributed by atoms with Crippen LogP contribution in [0.15, 0.2) is 29.7 Å². The molecule has 0 fully saturated rings. The summed E-state index contributed by atoms with van der Waals surface area (Å²) >= 11 is 1.72. The van der Waals surface area contributed by atoms with Gasteiger partial charge in [-0.15, -0.1) is 11.3 Å². The lowest BCUT2D eigenvalue weighted by Gasteiger charge is -2.04. The van der Waals surface area contributed by atoms with E-state index in [0.717, 1.165) is 12.1 Å². The van der Waals surface area contributed by atoms with Crippen molar-refractivity contribution < 1.29 is 4.74 Å². The first-order valence-electron chi connectivity index (χ1n) is 4.24. The highest BCUT2D eigenvalue weighted by atomic mass is 32.1. The maximum absolute atomic E-state index is 5.46. The number of hydrogen-bond acceptors (Lipinski definition) is 3. The fourth-order valence-corrected chi connectivity index (χ4v) is 1.63. The van der Waals surface area contributed by atoms with Crippen molar-refractivity contribution in [1.29, 1.82) is 0 Å². The van der Waals surface area contributed by atoms with E-state index < -0.39 is 0 Å². The Bertz CT molecular complexity index is 243. The molecule has 1 N–H and O–H groups in total. The fourth-order valence-electron chi connectivity index (χ4n) is 0.992. The lowest BCUT2D eigenvalue weighted by molar-refractivity contribution is 0.144. The molecule has 0 aliphatic carbocycles. The Morgan fingerprint density at radius 3 is 3.15 bits per heavy atom. The zero-order valence-corrected chi connectivity index (χ0v) is 8.69. The first-order valence-corrected chi connectivity index (χ1v) is 5.12. The Morgan fingerprint density at radius 1 is 1.69 bits per heavy atom. The standard InChI is InChI=1S/C10H15NOS/c1-9(6-11-2)7-12-8-10-4-3-5-13-10/h3-5,11H,1,6-8H2,2H3. The lowest BCUT2D eigenvalue weighted by Crippen LogP contribution is -2.13. The van der Waals surface area contributed by atoms with E-state index in [1.807, 2.05) is 13.1 Å². The molecule has 0 aromatic carbocycles. The van der Waals surface area contributed by atoms with Gasteiger partial charge >= 0.3 is 0 Å². The van der Waals surface area contributed by atoms with Gasteiger partial charge in [0.2, 0.25) is 0 Å². The molecule has 0 aliphatic heterocycles. The predicted molar refractivity (Wildman–Crippen MR) is 57.0 cm³/mol. The molecule has 1 aromatic heterocycles. The van der Waals surface area contributed by atoms with Crippen LogP contribution in [0.2, 0.25) is 0 Å². The van der Waals surface area contributed by atoms with Gasteiger partial charge in [-0.1, -0.05) is 12.6 Å². The van der Waals surface area contributed by atoms with Crippen LogP contribution >= 0.6 is 11.3 Å². The Labute approximate surface area is 83.2 Å². The van der Waals surface area contributed by atoms with Crippen LogP contribution in [0.25, 0.3) is 0 Å². The monoisotopic (exact) mass is 197 g/mol. The van der Waals surface area contributed by atoms with Crippen LogP contribution in [0.1, 0.15) is 4.88 Å². The molecule has 1 aromatic rings. The van der Waals surface area contributed by atoms with E-state index in [2.05, 4.69) is 23.3 Å². The fraction of sp³-hybridized carbons (Fsp3) is 0.400. The van der Waals surface area contributed by atoms with Gasteiger partial charge in [0, 0.05) is 11.4 Å². The molecule has 1 heterocycles. The van der Waals surface area contributed by atoms with Crippen molar-refractivity contribution in [2.45, 2.75) is 6.61 Å². The molecule has 1 rings (SSSR count). The molecule has 0 unspecified atom stereocenters. The van der Waals surface area contributed by atoms with E-state index in [1.54, 1.807) is 11.3 Å². The number of thiophene rings is 1. The van der Waals surface area contributed by atoms with Crippen molar-refractivity contribution in [3.05, 3.63) is 34.5 Å². The Morgan fingerprint density at radius 2 is 2.54 bits per heavy atom. The maximum atomic E-state index is 5.46. The number of nitrogens with one attached hydrogen (secondary N) is 1. The summed E-state index contributed by atoms with van der Waals surface area (Å²) in [5, 5.41) is 5.09. The zero-order chi connectivity index (χ0) is 9.52. The van der Waals surface area contributed by atoms with E-state index in [1.165, 1.54) is 4.88 Å². The third-order valence-electron chi connectivity index (χ3n) is 1.56. The third kappa shape index (κ3) is 4.22. The maximum Gasteiger partial charge on any atom is 0.0813 e. The number of ether oxygens (including phenoxy) is 1. The molecule has 0 amide bonds. The first-order chi connectivity index (χ1) is 6.33. The van der Waals surface area contributed by atoms with Crippen molar-refractivity contribution in [2.24, 2.45) is 0 Å². The van der Waals surface area contributed by atoms with E-state index in [-0.39, 0.29) is 0 Å². The molecule has 2 nitrogen and oxygen atoms in total. The molecule has 13 heavy (non-hydrogen) atoms. The van der Waals surface area contributed by atoms with Crippen LogP contribution in [-0.4, -0.2) is 20.2 Å². The average molecular weight is 197 g/mol. The molecule has 0 aliphatic rings. The minimum Gasteiger partial charge on any atom is -0.372 e. The summed E-state index contributed by atoms with van der Waals surface area (Å²) in [6, 6.07) is 4.11. The Kier molecular flexibility index (Phi) is 4.75. The highest BCUT2D eigenvalue weighted by Gasteiger charge is 1.95. The molecular weight excluding hydrogens is 182 g/mol. The van der Waals surface area contributed by atoms with Crippen LogP contribution in [0.3, 0.4) is 0 Å². The topological polar surface area (TPSA) is 21.3 Å². The molecule has 0 atom stereocenters. The molecule has 3 heteroatoms. The van der Waals surface area contributed by atoms with Gasteiger partial charge in [-0.2, -0.15) is 0 Å². The summed E-state index contributed by atoms with van der Waals surface area (Å²) in [5.74, 6) is 0. The smallest absolute Gasteiger partial charge is 0.0813 e. The van der Waals surface area contributed by atoms with Crippen molar-refractivity contribution in [3.8, 4) is 0 Å². The van der Waals surface area contributed by atoms with Gasteiger partial charge in [0.1, 0.15) is 0 Å². The Balaban J connectivity index is 2.11. The second-order valence-corrected chi connectivity index (χ2v) is 3.88. The number of rotatable bonds is 6. The van der Waals surface area contributed by atoms with Gasteiger partial charge in [-0.3, -0.25) is 0 Å². The predicted octanol–water partition coefficient (Wildman–Crippen LogP) is 2.04. The quantitative estimate of drug-likeness (QED) is 0.705. The van der Waals surface area contributed by atoms with Gasteiger partial charge in [0.15, 0.2) is 0 Å². The van der Waals surface area contributed by atoms with Gasteiger partial charge < -0.3 is 10.1 Å². The minimum atomic E-state index is 0.638. The summed E-state index contributed by atoms with van der Waals surface area (Å²) in [5.41, 5.74) is 1.08. The summed E-state index contributed by atoms with van der Waals surface area (Å²) in [4.78, 5) is 1.26. The van der Waals surface area contributed by atoms with Crippen molar-refractivity contribution in [3.63, 3.8) is 0 Å². The van der Waals surface area contributed by atoms with Crippen LogP contribution in [-0.2, 0) is 11.3 Å². The summed E-state index contributed by atoms with van der Waals surface area (Å²) in [6.07, 6.45) is 0. The molecule has 0 bridgehead atoms. The van der Waals surface area contributed by atoms with Crippen LogP contribution in [0.5, 0.6) is 0 Å². The van der Waals surface area contributed by atoms with Gasteiger partial charge in [-0.25, -0.2) is 0 Å².